The fourth-order valence-electron chi connectivity index (χ4n) is 6.99. The van der Waals surface area contributed by atoms with Crippen LogP contribution in [-0.4, -0.2) is 19.1 Å². The van der Waals surface area contributed by atoms with Crippen LogP contribution in [0.2, 0.25) is 0 Å². The summed E-state index contributed by atoms with van der Waals surface area (Å²) in [7, 11) is 0. The average Bonchev–Trinajstić information content (AvgIpc) is 3.53. The van der Waals surface area contributed by atoms with Gasteiger partial charge in [-0.15, -0.1) is 0 Å². The first-order valence-corrected chi connectivity index (χ1v) is 14.2. The number of pyridine rings is 2. The van der Waals surface area contributed by atoms with Crippen LogP contribution in [0.4, 0.5) is 0 Å². The smallest absolute Gasteiger partial charge is 0.0986 e. The molecule has 0 saturated carbocycles. The van der Waals surface area contributed by atoms with Crippen molar-refractivity contribution in [2.24, 2.45) is 5.92 Å². The van der Waals surface area contributed by atoms with Gasteiger partial charge in [0.05, 0.1) is 39.0 Å². The molecule has 4 aromatic carbocycles. The zero-order valence-corrected chi connectivity index (χ0v) is 22.6. The first-order valence-electron chi connectivity index (χ1n) is 14.2. The molecular formula is C37H26N4. The molecule has 4 aromatic heterocycles. The summed E-state index contributed by atoms with van der Waals surface area (Å²) in [6.07, 6.45) is 9.54. The molecule has 0 N–H and O–H groups in total. The molecule has 4 heterocycles. The number of benzene rings is 4. The summed E-state index contributed by atoms with van der Waals surface area (Å²) in [5, 5.41) is 6.02. The van der Waals surface area contributed by atoms with E-state index in [2.05, 4.69) is 125 Å². The number of allylic oxidation sites excluding steroid dienone is 1. The molecule has 9 rings (SSSR count). The highest BCUT2D eigenvalue weighted by Gasteiger charge is 2.22. The molecule has 1 atom stereocenters. The Balaban J connectivity index is 1.35. The van der Waals surface area contributed by atoms with Crippen LogP contribution < -0.4 is 0 Å². The summed E-state index contributed by atoms with van der Waals surface area (Å²) in [6, 6.07) is 34.8. The van der Waals surface area contributed by atoms with Crippen molar-refractivity contribution in [1.82, 2.24) is 19.1 Å². The van der Waals surface area contributed by atoms with E-state index in [1.807, 2.05) is 12.4 Å². The molecular weight excluding hydrogens is 500 g/mol. The molecule has 4 heteroatoms. The Hall–Kier alpha value is -5.22. The number of para-hydroxylation sites is 3. The van der Waals surface area contributed by atoms with E-state index < -0.39 is 0 Å². The zero-order valence-electron chi connectivity index (χ0n) is 22.6. The van der Waals surface area contributed by atoms with Crippen molar-refractivity contribution in [3.05, 3.63) is 127 Å². The van der Waals surface area contributed by atoms with Gasteiger partial charge in [0.1, 0.15) is 0 Å². The van der Waals surface area contributed by atoms with Crippen LogP contribution >= 0.6 is 0 Å². The quantitative estimate of drug-likeness (QED) is 0.211. The predicted molar refractivity (Wildman–Crippen MR) is 170 cm³/mol. The largest absolute Gasteiger partial charge is 0.309 e. The Morgan fingerprint density at radius 1 is 0.561 bits per heavy atom. The predicted octanol–water partition coefficient (Wildman–Crippen LogP) is 9.03. The number of nitrogens with zero attached hydrogens (tertiary/aromatic N) is 4. The van der Waals surface area contributed by atoms with Crippen LogP contribution in [0.15, 0.2) is 116 Å². The van der Waals surface area contributed by atoms with Crippen molar-refractivity contribution in [2.75, 3.05) is 0 Å². The number of hydrogen-bond donors (Lipinski definition) is 0. The van der Waals surface area contributed by atoms with Gasteiger partial charge in [-0.1, -0.05) is 67.6 Å². The standard InChI is InChI=1S/C37H26N4/c1-23-14-17-33-29(22-23)26-10-4-7-13-32(26)41(33)35-19-21-39-37-28(35)16-15-27-34(18-20-38-36(27)37)40-30-11-5-2-8-24(30)25-9-3-6-12-31(25)40/h2-21,23H,22H2,1H3. The maximum atomic E-state index is 4.93. The van der Waals surface area contributed by atoms with Gasteiger partial charge in [0.2, 0.25) is 0 Å². The summed E-state index contributed by atoms with van der Waals surface area (Å²) in [6.45, 7) is 2.29. The molecule has 0 bridgehead atoms. The van der Waals surface area contributed by atoms with Crippen molar-refractivity contribution in [3.63, 3.8) is 0 Å². The summed E-state index contributed by atoms with van der Waals surface area (Å²) >= 11 is 0. The summed E-state index contributed by atoms with van der Waals surface area (Å²) in [5.74, 6) is 0.531. The average molecular weight is 527 g/mol. The van der Waals surface area contributed by atoms with Crippen LogP contribution in [0.1, 0.15) is 18.2 Å². The molecule has 1 aliphatic rings. The summed E-state index contributed by atoms with van der Waals surface area (Å²) < 4.78 is 4.78. The van der Waals surface area contributed by atoms with Gasteiger partial charge in [-0.2, -0.15) is 0 Å². The van der Waals surface area contributed by atoms with Gasteiger partial charge >= 0.3 is 0 Å². The van der Waals surface area contributed by atoms with Crippen LogP contribution in [0.3, 0.4) is 0 Å². The first kappa shape index (κ1) is 22.6. The number of aromatic nitrogens is 4. The van der Waals surface area contributed by atoms with E-state index in [4.69, 9.17) is 9.97 Å². The second-order valence-corrected chi connectivity index (χ2v) is 11.1. The molecule has 41 heavy (non-hydrogen) atoms. The van der Waals surface area contributed by atoms with E-state index in [0.29, 0.717) is 5.92 Å². The highest BCUT2D eigenvalue weighted by atomic mass is 15.0. The van der Waals surface area contributed by atoms with Crippen LogP contribution in [-0.2, 0) is 6.42 Å². The van der Waals surface area contributed by atoms with Gasteiger partial charge in [0, 0.05) is 45.0 Å². The van der Waals surface area contributed by atoms with Crippen LogP contribution in [0.25, 0.3) is 72.0 Å². The molecule has 0 amide bonds. The lowest BCUT2D eigenvalue weighted by Gasteiger charge is -2.17. The molecule has 0 saturated heterocycles. The second kappa shape index (κ2) is 8.39. The second-order valence-electron chi connectivity index (χ2n) is 11.1. The van der Waals surface area contributed by atoms with Crippen LogP contribution in [0, 0.1) is 5.92 Å². The lowest BCUT2D eigenvalue weighted by atomic mass is 9.93. The van der Waals surface area contributed by atoms with Gasteiger partial charge in [-0.25, -0.2) is 0 Å². The molecule has 0 fully saturated rings. The Morgan fingerprint density at radius 2 is 1.07 bits per heavy atom. The van der Waals surface area contributed by atoms with E-state index in [9.17, 15) is 0 Å². The zero-order chi connectivity index (χ0) is 27.1. The van der Waals surface area contributed by atoms with Crippen molar-refractivity contribution >= 4 is 60.6 Å². The Bertz CT molecular complexity index is 2320. The minimum absolute atomic E-state index is 0.531. The highest BCUT2D eigenvalue weighted by molar-refractivity contribution is 6.13. The SMILES string of the molecule is CC1C=Cc2c(c3ccccc3n2-c2ccnc3c2ccc2c(-n4c5ccccc5c5ccccc54)ccnc23)C1. The fraction of sp³-hybridized carbons (Fsp3) is 0.0811. The van der Waals surface area contributed by atoms with E-state index in [-0.39, 0.29) is 0 Å². The minimum atomic E-state index is 0.531. The third-order valence-electron chi connectivity index (χ3n) is 8.77. The van der Waals surface area contributed by atoms with Gasteiger partial charge in [-0.3, -0.25) is 9.97 Å². The maximum absolute atomic E-state index is 4.93. The lowest BCUT2D eigenvalue weighted by Crippen LogP contribution is -2.06. The van der Waals surface area contributed by atoms with E-state index >= 15 is 0 Å². The molecule has 8 aromatic rings. The van der Waals surface area contributed by atoms with E-state index in [1.165, 1.54) is 44.0 Å². The van der Waals surface area contributed by atoms with Crippen LogP contribution in [0.5, 0.6) is 0 Å². The Labute approximate surface area is 236 Å². The van der Waals surface area contributed by atoms with Crippen molar-refractivity contribution in [2.45, 2.75) is 13.3 Å². The number of hydrogen-bond acceptors (Lipinski definition) is 2. The lowest BCUT2D eigenvalue weighted by molar-refractivity contribution is 0.718. The molecule has 0 radical (unpaired) electrons. The molecule has 0 aliphatic heterocycles. The topological polar surface area (TPSA) is 35.6 Å². The van der Waals surface area contributed by atoms with E-state index in [0.717, 1.165) is 39.6 Å². The normalized spacial score (nSPS) is 15.0. The van der Waals surface area contributed by atoms with Gasteiger partial charge in [-0.05, 0) is 66.4 Å². The third-order valence-corrected chi connectivity index (χ3v) is 8.77. The minimum Gasteiger partial charge on any atom is -0.309 e. The van der Waals surface area contributed by atoms with Crippen molar-refractivity contribution < 1.29 is 0 Å². The molecule has 1 aliphatic carbocycles. The van der Waals surface area contributed by atoms with Gasteiger partial charge in [0.25, 0.3) is 0 Å². The Morgan fingerprint density at radius 3 is 1.68 bits per heavy atom. The molecule has 1 unspecified atom stereocenters. The summed E-state index contributed by atoms with van der Waals surface area (Å²) in [5.41, 5.74) is 10.4. The van der Waals surface area contributed by atoms with Gasteiger partial charge in [0.15, 0.2) is 0 Å². The fourth-order valence-corrected chi connectivity index (χ4v) is 6.99. The molecule has 194 valence electrons. The Kier molecular flexibility index (Phi) is 4.62. The van der Waals surface area contributed by atoms with Gasteiger partial charge < -0.3 is 9.13 Å². The maximum Gasteiger partial charge on any atom is 0.0986 e. The highest BCUT2D eigenvalue weighted by Crippen LogP contribution is 2.39. The molecule has 0 spiro atoms. The number of fused-ring (bicyclic) bond motifs is 9. The number of rotatable bonds is 2. The third kappa shape index (κ3) is 3.10. The van der Waals surface area contributed by atoms with E-state index in [1.54, 1.807) is 0 Å². The molecule has 4 nitrogen and oxygen atoms in total. The first-order chi connectivity index (χ1) is 20.3. The summed E-state index contributed by atoms with van der Waals surface area (Å²) in [4.78, 5) is 9.85. The van der Waals surface area contributed by atoms with Crippen molar-refractivity contribution in [1.29, 1.82) is 0 Å². The van der Waals surface area contributed by atoms with Crippen molar-refractivity contribution in [3.8, 4) is 11.4 Å². The monoisotopic (exact) mass is 526 g/mol.